The average molecular weight is 381 g/mol. The third-order valence-corrected chi connectivity index (χ3v) is 5.24. The highest BCUT2D eigenvalue weighted by Crippen LogP contribution is 2.17. The van der Waals surface area contributed by atoms with Crippen molar-refractivity contribution in [1.82, 2.24) is 14.8 Å². The van der Waals surface area contributed by atoms with Gasteiger partial charge in [-0.2, -0.15) is 0 Å². The minimum atomic E-state index is 0.0788. The molecule has 5 nitrogen and oxygen atoms in total. The Morgan fingerprint density at radius 2 is 1.82 bits per heavy atom. The first-order valence-electron chi connectivity index (χ1n) is 10.3. The number of rotatable bonds is 7. The van der Waals surface area contributed by atoms with Crippen LogP contribution >= 0.6 is 0 Å². The van der Waals surface area contributed by atoms with Gasteiger partial charge in [-0.25, -0.2) is 4.98 Å². The van der Waals surface area contributed by atoms with Crippen molar-refractivity contribution in [2.45, 2.75) is 33.7 Å². The lowest BCUT2D eigenvalue weighted by Gasteiger charge is -2.35. The Kier molecular flexibility index (Phi) is 7.04. The van der Waals surface area contributed by atoms with Crippen molar-refractivity contribution in [3.8, 4) is 0 Å². The summed E-state index contributed by atoms with van der Waals surface area (Å²) < 4.78 is 0. The van der Waals surface area contributed by atoms with Crippen molar-refractivity contribution in [1.29, 1.82) is 0 Å². The summed E-state index contributed by atoms with van der Waals surface area (Å²) >= 11 is 0. The molecule has 0 unspecified atom stereocenters. The fourth-order valence-corrected chi connectivity index (χ4v) is 3.43. The van der Waals surface area contributed by atoms with E-state index >= 15 is 0 Å². The van der Waals surface area contributed by atoms with Crippen molar-refractivity contribution in [3.63, 3.8) is 0 Å². The molecular formula is C23H32N4O. The first-order valence-corrected chi connectivity index (χ1v) is 10.3. The van der Waals surface area contributed by atoms with E-state index in [9.17, 15) is 4.79 Å². The second kappa shape index (κ2) is 9.69. The van der Waals surface area contributed by atoms with Crippen LogP contribution in [-0.4, -0.2) is 53.4 Å². The van der Waals surface area contributed by atoms with Gasteiger partial charge in [0.2, 0.25) is 0 Å². The zero-order valence-electron chi connectivity index (χ0n) is 17.3. The first-order chi connectivity index (χ1) is 13.5. The minimum absolute atomic E-state index is 0.0788. The fraction of sp³-hybridized carbons (Fsp3) is 0.478. The standard InChI is InChI=1S/C23H32N4O/c1-18(2)10-12-25-22-21(5-4-11-24-22)23(28)27-15-13-26(14-16-27)17-20-8-6-19(3)7-9-20/h4-9,11,18H,10,12-17H2,1-3H3,(H,24,25). The molecular weight excluding hydrogens is 348 g/mol. The molecule has 0 aliphatic carbocycles. The number of nitrogens with one attached hydrogen (secondary N) is 1. The molecule has 0 spiro atoms. The van der Waals surface area contributed by atoms with E-state index in [0.29, 0.717) is 17.3 Å². The van der Waals surface area contributed by atoms with E-state index in [1.54, 1.807) is 6.20 Å². The smallest absolute Gasteiger partial charge is 0.257 e. The monoisotopic (exact) mass is 380 g/mol. The molecule has 1 fully saturated rings. The Labute approximate surface area is 168 Å². The number of anilines is 1. The zero-order valence-corrected chi connectivity index (χ0v) is 17.3. The second-order valence-corrected chi connectivity index (χ2v) is 8.06. The number of hydrogen-bond acceptors (Lipinski definition) is 4. The molecule has 1 aliphatic heterocycles. The number of hydrogen-bond donors (Lipinski definition) is 1. The maximum atomic E-state index is 13.0. The topological polar surface area (TPSA) is 48.5 Å². The number of piperazine rings is 1. The molecule has 5 heteroatoms. The predicted molar refractivity (Wildman–Crippen MR) is 115 cm³/mol. The zero-order chi connectivity index (χ0) is 19.9. The number of aryl methyl sites for hydroxylation is 1. The quantitative estimate of drug-likeness (QED) is 0.794. The average Bonchev–Trinajstić information content (AvgIpc) is 2.70. The van der Waals surface area contributed by atoms with Gasteiger partial charge in [0.1, 0.15) is 5.82 Å². The largest absolute Gasteiger partial charge is 0.369 e. The van der Waals surface area contributed by atoms with Crippen LogP contribution in [0.5, 0.6) is 0 Å². The highest BCUT2D eigenvalue weighted by molar-refractivity contribution is 5.98. The van der Waals surface area contributed by atoms with Gasteiger partial charge in [-0.3, -0.25) is 9.69 Å². The third kappa shape index (κ3) is 5.55. The van der Waals surface area contributed by atoms with E-state index in [0.717, 1.165) is 45.7 Å². The summed E-state index contributed by atoms with van der Waals surface area (Å²) in [4.78, 5) is 21.8. The molecule has 28 heavy (non-hydrogen) atoms. The van der Waals surface area contributed by atoms with Crippen LogP contribution in [-0.2, 0) is 6.54 Å². The molecule has 0 saturated carbocycles. The van der Waals surface area contributed by atoms with Gasteiger partial charge in [0, 0.05) is 45.5 Å². The highest BCUT2D eigenvalue weighted by Gasteiger charge is 2.24. The van der Waals surface area contributed by atoms with Crippen molar-refractivity contribution < 1.29 is 4.79 Å². The molecule has 1 aromatic carbocycles. The third-order valence-electron chi connectivity index (χ3n) is 5.24. The van der Waals surface area contributed by atoms with E-state index in [1.165, 1.54) is 11.1 Å². The van der Waals surface area contributed by atoms with Gasteiger partial charge in [0.05, 0.1) is 5.56 Å². The van der Waals surface area contributed by atoms with E-state index in [-0.39, 0.29) is 5.91 Å². The van der Waals surface area contributed by atoms with Crippen LogP contribution in [0.3, 0.4) is 0 Å². The number of carbonyl (C=O) groups excluding carboxylic acids is 1. The number of nitrogens with zero attached hydrogens (tertiary/aromatic N) is 3. The fourth-order valence-electron chi connectivity index (χ4n) is 3.43. The summed E-state index contributed by atoms with van der Waals surface area (Å²) in [6, 6.07) is 12.4. The van der Waals surface area contributed by atoms with Gasteiger partial charge < -0.3 is 10.2 Å². The summed E-state index contributed by atoms with van der Waals surface area (Å²) in [7, 11) is 0. The van der Waals surface area contributed by atoms with Crippen LogP contribution in [0.2, 0.25) is 0 Å². The molecule has 1 aliphatic rings. The van der Waals surface area contributed by atoms with Crippen LogP contribution < -0.4 is 5.32 Å². The molecule has 1 saturated heterocycles. The molecule has 150 valence electrons. The molecule has 0 radical (unpaired) electrons. The Morgan fingerprint density at radius 1 is 1.11 bits per heavy atom. The summed E-state index contributed by atoms with van der Waals surface area (Å²) in [6.45, 7) is 11.6. The lowest BCUT2D eigenvalue weighted by atomic mass is 10.1. The van der Waals surface area contributed by atoms with E-state index in [4.69, 9.17) is 0 Å². The second-order valence-electron chi connectivity index (χ2n) is 8.06. The SMILES string of the molecule is Cc1ccc(CN2CCN(C(=O)c3cccnc3NCCC(C)C)CC2)cc1. The molecule has 2 aromatic rings. The Bertz CT molecular complexity index is 764. The molecule has 0 bridgehead atoms. The van der Waals surface area contributed by atoms with Crippen LogP contribution in [0, 0.1) is 12.8 Å². The lowest BCUT2D eigenvalue weighted by Crippen LogP contribution is -2.48. The lowest BCUT2D eigenvalue weighted by molar-refractivity contribution is 0.0629. The van der Waals surface area contributed by atoms with Gasteiger partial charge in [0.25, 0.3) is 5.91 Å². The van der Waals surface area contributed by atoms with Gasteiger partial charge in [-0.1, -0.05) is 43.7 Å². The number of carbonyl (C=O) groups is 1. The van der Waals surface area contributed by atoms with Crippen molar-refractivity contribution in [2.75, 3.05) is 38.0 Å². The van der Waals surface area contributed by atoms with Gasteiger partial charge in [0.15, 0.2) is 0 Å². The first kappa shape index (κ1) is 20.3. The van der Waals surface area contributed by atoms with Gasteiger partial charge >= 0.3 is 0 Å². The maximum Gasteiger partial charge on any atom is 0.257 e. The van der Waals surface area contributed by atoms with Crippen LogP contribution in [0.25, 0.3) is 0 Å². The van der Waals surface area contributed by atoms with Crippen LogP contribution in [0.1, 0.15) is 41.8 Å². The molecule has 1 amide bonds. The number of aromatic nitrogens is 1. The van der Waals surface area contributed by atoms with Crippen LogP contribution in [0.15, 0.2) is 42.6 Å². The Balaban J connectivity index is 1.55. The molecule has 0 atom stereocenters. The Morgan fingerprint density at radius 3 is 2.50 bits per heavy atom. The minimum Gasteiger partial charge on any atom is -0.369 e. The van der Waals surface area contributed by atoms with E-state index < -0.39 is 0 Å². The van der Waals surface area contributed by atoms with Gasteiger partial charge in [-0.15, -0.1) is 0 Å². The van der Waals surface area contributed by atoms with Gasteiger partial charge in [-0.05, 0) is 37.0 Å². The molecule has 3 rings (SSSR count). The predicted octanol–water partition coefficient (Wildman–Crippen LogP) is 3.81. The number of benzene rings is 1. The summed E-state index contributed by atoms with van der Waals surface area (Å²) in [5.74, 6) is 1.40. The summed E-state index contributed by atoms with van der Waals surface area (Å²) in [5, 5.41) is 3.34. The number of pyridine rings is 1. The molecule has 1 aromatic heterocycles. The summed E-state index contributed by atoms with van der Waals surface area (Å²) in [6.07, 6.45) is 2.80. The van der Waals surface area contributed by atoms with E-state index in [2.05, 4.69) is 60.2 Å². The normalized spacial score (nSPS) is 15.1. The van der Waals surface area contributed by atoms with Crippen molar-refractivity contribution >= 4 is 11.7 Å². The van der Waals surface area contributed by atoms with Crippen LogP contribution in [0.4, 0.5) is 5.82 Å². The molecule has 2 heterocycles. The highest BCUT2D eigenvalue weighted by atomic mass is 16.2. The summed E-state index contributed by atoms with van der Waals surface area (Å²) in [5.41, 5.74) is 3.29. The van der Waals surface area contributed by atoms with Crippen molar-refractivity contribution in [2.24, 2.45) is 5.92 Å². The maximum absolute atomic E-state index is 13.0. The number of amides is 1. The van der Waals surface area contributed by atoms with E-state index in [1.807, 2.05) is 17.0 Å². The van der Waals surface area contributed by atoms with Crippen molar-refractivity contribution in [3.05, 3.63) is 59.3 Å². The Hall–Kier alpha value is -2.40. The molecule has 1 N–H and O–H groups in total.